The Bertz CT molecular complexity index is 1160. The van der Waals surface area contributed by atoms with E-state index in [0.29, 0.717) is 13.1 Å². The lowest BCUT2D eigenvalue weighted by Gasteiger charge is -2.33. The first kappa shape index (κ1) is 17.3. The van der Waals surface area contributed by atoms with Gasteiger partial charge in [0.15, 0.2) is 0 Å². The molecule has 0 fully saturated rings. The fourth-order valence-electron chi connectivity index (χ4n) is 3.78. The molecule has 1 aliphatic rings. The zero-order valence-corrected chi connectivity index (χ0v) is 15.9. The van der Waals surface area contributed by atoms with E-state index in [4.69, 9.17) is 0 Å². The van der Waals surface area contributed by atoms with Gasteiger partial charge in [0.2, 0.25) is 0 Å². The van der Waals surface area contributed by atoms with Crippen molar-refractivity contribution in [1.82, 2.24) is 34.9 Å². The zero-order valence-electron chi connectivity index (χ0n) is 15.9. The molecule has 5 rings (SSSR count). The highest BCUT2D eigenvalue weighted by atomic mass is 16.2. The van der Waals surface area contributed by atoms with Gasteiger partial charge >= 0.3 is 0 Å². The summed E-state index contributed by atoms with van der Waals surface area (Å²) in [5.74, 6) is -0.0736. The summed E-state index contributed by atoms with van der Waals surface area (Å²) >= 11 is 0. The summed E-state index contributed by atoms with van der Waals surface area (Å²) in [6, 6.07) is 17.6. The third-order valence-electron chi connectivity index (χ3n) is 5.20. The van der Waals surface area contributed by atoms with Crippen LogP contribution in [0.2, 0.25) is 0 Å². The van der Waals surface area contributed by atoms with Crippen LogP contribution in [-0.2, 0) is 13.6 Å². The maximum Gasteiger partial charge on any atom is 0.295 e. The molecule has 8 heteroatoms. The van der Waals surface area contributed by atoms with Crippen molar-refractivity contribution < 1.29 is 4.79 Å². The Hall–Kier alpha value is -3.81. The van der Waals surface area contributed by atoms with Gasteiger partial charge in [0, 0.05) is 32.3 Å². The number of carbonyl (C=O) groups excluding carboxylic acids is 1. The van der Waals surface area contributed by atoms with Crippen LogP contribution in [-0.4, -0.2) is 47.3 Å². The molecular weight excluding hydrogens is 366 g/mol. The van der Waals surface area contributed by atoms with Gasteiger partial charge in [-0.2, -0.15) is 5.10 Å². The van der Waals surface area contributed by atoms with Gasteiger partial charge in [0.25, 0.3) is 11.7 Å². The van der Waals surface area contributed by atoms with Crippen LogP contribution in [0.3, 0.4) is 0 Å². The molecule has 2 aromatic carbocycles. The van der Waals surface area contributed by atoms with Gasteiger partial charge in [0.05, 0.1) is 11.9 Å². The summed E-state index contributed by atoms with van der Waals surface area (Å²) in [5, 5.41) is 16.6. The average molecular weight is 385 g/mol. The Kier molecular flexibility index (Phi) is 4.16. The number of rotatable bonds is 3. The Labute approximate surface area is 167 Å². The second kappa shape index (κ2) is 6.97. The predicted octanol–water partition coefficient (Wildman–Crippen LogP) is 2.18. The lowest BCUT2D eigenvalue weighted by molar-refractivity contribution is 0.0712. The number of tetrazole rings is 1. The van der Waals surface area contributed by atoms with Crippen molar-refractivity contribution in [3.8, 4) is 5.69 Å². The fraction of sp³-hybridized carbons (Fsp3) is 0.190. The SMILES string of the molecule is Cn1cc(C2CN(C(=O)c3nnn(-c4ccccc4)n3)Cc3ccccc32)cn1. The van der Waals surface area contributed by atoms with Crippen molar-refractivity contribution in [1.29, 1.82) is 0 Å². The quantitative estimate of drug-likeness (QED) is 0.540. The summed E-state index contributed by atoms with van der Waals surface area (Å²) in [7, 11) is 1.90. The molecule has 0 radical (unpaired) electrons. The summed E-state index contributed by atoms with van der Waals surface area (Å²) < 4.78 is 1.78. The summed E-state index contributed by atoms with van der Waals surface area (Å²) in [6.45, 7) is 1.06. The van der Waals surface area contributed by atoms with Crippen LogP contribution in [0.15, 0.2) is 67.0 Å². The normalized spacial score (nSPS) is 15.9. The molecule has 1 aliphatic heterocycles. The largest absolute Gasteiger partial charge is 0.331 e. The highest BCUT2D eigenvalue weighted by molar-refractivity contribution is 5.90. The first-order chi connectivity index (χ1) is 14.2. The molecule has 29 heavy (non-hydrogen) atoms. The van der Waals surface area contributed by atoms with Crippen molar-refractivity contribution in [2.24, 2.45) is 7.05 Å². The maximum atomic E-state index is 13.2. The molecule has 1 atom stereocenters. The van der Waals surface area contributed by atoms with E-state index in [1.807, 2.05) is 61.9 Å². The minimum Gasteiger partial charge on any atom is -0.331 e. The lowest BCUT2D eigenvalue weighted by Crippen LogP contribution is -2.39. The van der Waals surface area contributed by atoms with Crippen LogP contribution < -0.4 is 0 Å². The van der Waals surface area contributed by atoms with Crippen LogP contribution in [0.25, 0.3) is 5.69 Å². The number of hydrogen-bond donors (Lipinski definition) is 0. The molecule has 2 aromatic heterocycles. The maximum absolute atomic E-state index is 13.2. The van der Waals surface area contributed by atoms with Crippen LogP contribution in [0.1, 0.15) is 33.2 Å². The number of aromatic nitrogens is 6. The lowest BCUT2D eigenvalue weighted by atomic mass is 9.86. The van der Waals surface area contributed by atoms with E-state index >= 15 is 0 Å². The van der Waals surface area contributed by atoms with Crippen LogP contribution in [0.5, 0.6) is 0 Å². The van der Waals surface area contributed by atoms with Crippen molar-refractivity contribution in [2.75, 3.05) is 6.54 Å². The highest BCUT2D eigenvalue weighted by Crippen LogP contribution is 2.33. The molecule has 8 nitrogen and oxygen atoms in total. The number of amides is 1. The number of nitrogens with zero attached hydrogens (tertiary/aromatic N) is 7. The van der Waals surface area contributed by atoms with Crippen molar-refractivity contribution in [3.63, 3.8) is 0 Å². The van der Waals surface area contributed by atoms with Gasteiger partial charge in [-0.1, -0.05) is 42.5 Å². The fourth-order valence-corrected chi connectivity index (χ4v) is 3.78. The van der Waals surface area contributed by atoms with Gasteiger partial charge in [-0.3, -0.25) is 9.48 Å². The number of fused-ring (bicyclic) bond motifs is 1. The minimum atomic E-state index is -0.226. The molecule has 0 aliphatic carbocycles. The molecule has 0 saturated heterocycles. The standard InChI is InChI=1S/C21H19N7O/c1-26-12-16(11-22-26)19-14-27(13-15-7-5-6-10-18(15)19)21(29)20-23-25-28(24-20)17-8-3-2-4-9-17/h2-12,19H,13-14H2,1H3. The summed E-state index contributed by atoms with van der Waals surface area (Å²) in [6.07, 6.45) is 3.86. The van der Waals surface area contributed by atoms with Crippen molar-refractivity contribution >= 4 is 5.91 Å². The molecule has 4 aromatic rings. The molecule has 1 unspecified atom stereocenters. The van der Waals surface area contributed by atoms with E-state index in [1.54, 1.807) is 9.58 Å². The highest BCUT2D eigenvalue weighted by Gasteiger charge is 2.32. The number of para-hydroxylation sites is 1. The molecule has 144 valence electrons. The second-order valence-corrected chi connectivity index (χ2v) is 7.12. The van der Waals surface area contributed by atoms with Crippen LogP contribution in [0, 0.1) is 0 Å². The molecule has 3 heterocycles. The van der Waals surface area contributed by atoms with Gasteiger partial charge in [-0.15, -0.1) is 15.0 Å². The average Bonchev–Trinajstić information content (AvgIpc) is 3.42. The Morgan fingerprint density at radius 3 is 2.66 bits per heavy atom. The van der Waals surface area contributed by atoms with E-state index in [2.05, 4.69) is 32.6 Å². The smallest absolute Gasteiger partial charge is 0.295 e. The first-order valence-corrected chi connectivity index (χ1v) is 9.40. The van der Waals surface area contributed by atoms with E-state index in [0.717, 1.165) is 16.8 Å². The van der Waals surface area contributed by atoms with Crippen molar-refractivity contribution in [3.05, 3.63) is 89.5 Å². The molecule has 0 bridgehead atoms. The topological polar surface area (TPSA) is 81.7 Å². The number of hydrogen-bond acceptors (Lipinski definition) is 5. The predicted molar refractivity (Wildman–Crippen MR) is 105 cm³/mol. The zero-order chi connectivity index (χ0) is 19.8. The Morgan fingerprint density at radius 2 is 1.86 bits per heavy atom. The van der Waals surface area contributed by atoms with E-state index in [9.17, 15) is 4.79 Å². The molecule has 0 spiro atoms. The molecule has 0 N–H and O–H groups in total. The number of benzene rings is 2. The summed E-state index contributed by atoms with van der Waals surface area (Å²) in [5.41, 5.74) is 4.19. The van der Waals surface area contributed by atoms with Gasteiger partial charge in [-0.05, 0) is 34.0 Å². The van der Waals surface area contributed by atoms with E-state index in [1.165, 1.54) is 10.4 Å². The number of aryl methyl sites for hydroxylation is 1. The molecule has 0 saturated carbocycles. The summed E-state index contributed by atoms with van der Waals surface area (Å²) in [4.78, 5) is 16.3. The van der Waals surface area contributed by atoms with Crippen LogP contribution >= 0.6 is 0 Å². The molecule has 1 amide bonds. The van der Waals surface area contributed by atoms with Gasteiger partial charge in [0.1, 0.15) is 0 Å². The Morgan fingerprint density at radius 1 is 1.07 bits per heavy atom. The van der Waals surface area contributed by atoms with E-state index < -0.39 is 0 Å². The van der Waals surface area contributed by atoms with Gasteiger partial charge < -0.3 is 4.90 Å². The third kappa shape index (κ3) is 3.18. The third-order valence-corrected chi connectivity index (χ3v) is 5.20. The van der Waals surface area contributed by atoms with Crippen LogP contribution in [0.4, 0.5) is 0 Å². The first-order valence-electron chi connectivity index (χ1n) is 9.40. The second-order valence-electron chi connectivity index (χ2n) is 7.12. The Balaban J connectivity index is 1.46. The van der Waals surface area contributed by atoms with E-state index in [-0.39, 0.29) is 17.6 Å². The molecular formula is C21H19N7O. The number of carbonyl (C=O) groups is 1. The van der Waals surface area contributed by atoms with Crippen molar-refractivity contribution in [2.45, 2.75) is 12.5 Å². The minimum absolute atomic E-state index is 0.0572. The van der Waals surface area contributed by atoms with Gasteiger partial charge in [-0.25, -0.2) is 0 Å². The monoisotopic (exact) mass is 385 g/mol.